The van der Waals surface area contributed by atoms with Crippen LogP contribution < -0.4 is 10.1 Å². The highest BCUT2D eigenvalue weighted by atomic mass is 79.9. The van der Waals surface area contributed by atoms with Crippen LogP contribution in [0.3, 0.4) is 0 Å². The predicted octanol–water partition coefficient (Wildman–Crippen LogP) is 3.78. The summed E-state index contributed by atoms with van der Waals surface area (Å²) >= 11 is 3.59. The van der Waals surface area contributed by atoms with E-state index in [1.807, 2.05) is 0 Å². The molecule has 0 spiro atoms. The van der Waals surface area contributed by atoms with E-state index in [9.17, 15) is 0 Å². The first-order valence-electron chi connectivity index (χ1n) is 7.43. The lowest BCUT2D eigenvalue weighted by Crippen LogP contribution is -2.28. The predicted molar refractivity (Wildman–Crippen MR) is 81.7 cm³/mol. The molecule has 3 rings (SSSR count). The lowest BCUT2D eigenvalue weighted by Gasteiger charge is -2.23. The van der Waals surface area contributed by atoms with Crippen LogP contribution in [0, 0.1) is 11.8 Å². The van der Waals surface area contributed by atoms with Crippen LogP contribution >= 0.6 is 15.9 Å². The van der Waals surface area contributed by atoms with Gasteiger partial charge in [0.05, 0.1) is 6.61 Å². The average Bonchev–Trinajstić information content (AvgIpc) is 3.23. The maximum absolute atomic E-state index is 6.02. The molecule has 1 saturated carbocycles. The second kappa shape index (κ2) is 6.27. The average molecular weight is 324 g/mol. The number of hydrogen-bond donors (Lipinski definition) is 1. The molecule has 1 heterocycles. The first-order valence-corrected chi connectivity index (χ1v) is 8.22. The standard InChI is InChI=1S/C16H22BrNO/c17-15-3-4-16(19-11-13-1-2-13)14(10-15)9-12-5-7-18-8-6-12/h3-4,10,12-13,18H,1-2,5-9,11H2. The summed E-state index contributed by atoms with van der Waals surface area (Å²) in [6.07, 6.45) is 6.42. The molecule has 19 heavy (non-hydrogen) atoms. The van der Waals surface area contributed by atoms with Gasteiger partial charge in [-0.15, -0.1) is 0 Å². The van der Waals surface area contributed by atoms with Gasteiger partial charge in [0, 0.05) is 4.47 Å². The molecule has 1 aliphatic heterocycles. The highest BCUT2D eigenvalue weighted by Gasteiger charge is 2.23. The Morgan fingerprint density at radius 3 is 2.63 bits per heavy atom. The van der Waals surface area contributed by atoms with Crippen LogP contribution in [0.1, 0.15) is 31.2 Å². The molecule has 104 valence electrons. The van der Waals surface area contributed by atoms with Crippen LogP contribution in [0.4, 0.5) is 0 Å². The molecule has 1 aliphatic carbocycles. The van der Waals surface area contributed by atoms with Gasteiger partial charge in [-0.05, 0) is 80.8 Å². The third kappa shape index (κ3) is 3.96. The third-order valence-electron chi connectivity index (χ3n) is 4.16. The Bertz CT molecular complexity index is 425. The molecule has 0 atom stereocenters. The second-order valence-electron chi connectivity index (χ2n) is 5.90. The zero-order valence-corrected chi connectivity index (χ0v) is 12.9. The number of ether oxygens (including phenoxy) is 1. The quantitative estimate of drug-likeness (QED) is 0.890. The number of hydrogen-bond acceptors (Lipinski definition) is 2. The number of piperidine rings is 1. The van der Waals surface area contributed by atoms with Crippen LogP contribution in [0.2, 0.25) is 0 Å². The topological polar surface area (TPSA) is 21.3 Å². The minimum absolute atomic E-state index is 0.804. The number of halogens is 1. The molecule has 1 N–H and O–H groups in total. The molecule has 0 unspecified atom stereocenters. The van der Waals surface area contributed by atoms with Crippen molar-refractivity contribution in [3.05, 3.63) is 28.2 Å². The van der Waals surface area contributed by atoms with E-state index in [4.69, 9.17) is 4.74 Å². The first kappa shape index (κ1) is 13.4. The van der Waals surface area contributed by atoms with Crippen LogP contribution in [0.25, 0.3) is 0 Å². The van der Waals surface area contributed by atoms with Crippen LogP contribution in [-0.2, 0) is 6.42 Å². The van der Waals surface area contributed by atoms with Gasteiger partial charge in [0.2, 0.25) is 0 Å². The molecule has 2 nitrogen and oxygen atoms in total. The summed E-state index contributed by atoms with van der Waals surface area (Å²) in [7, 11) is 0. The van der Waals surface area contributed by atoms with Gasteiger partial charge in [0.25, 0.3) is 0 Å². The number of nitrogens with one attached hydrogen (secondary N) is 1. The molecular weight excluding hydrogens is 302 g/mol. The minimum Gasteiger partial charge on any atom is -0.493 e. The molecule has 0 radical (unpaired) electrons. The minimum atomic E-state index is 0.804. The molecule has 0 amide bonds. The van der Waals surface area contributed by atoms with Crippen LogP contribution in [0.15, 0.2) is 22.7 Å². The van der Waals surface area contributed by atoms with Gasteiger partial charge < -0.3 is 10.1 Å². The van der Waals surface area contributed by atoms with Gasteiger partial charge in [-0.1, -0.05) is 15.9 Å². The lowest BCUT2D eigenvalue weighted by molar-refractivity contribution is 0.292. The van der Waals surface area contributed by atoms with Gasteiger partial charge in [0.1, 0.15) is 5.75 Å². The maximum Gasteiger partial charge on any atom is 0.122 e. The molecule has 2 aliphatic rings. The van der Waals surface area contributed by atoms with E-state index < -0.39 is 0 Å². The normalized spacial score (nSPS) is 20.5. The number of rotatable bonds is 5. The maximum atomic E-state index is 6.02. The zero-order chi connectivity index (χ0) is 13.1. The van der Waals surface area contributed by atoms with Crippen molar-refractivity contribution in [2.45, 2.75) is 32.1 Å². The fourth-order valence-electron chi connectivity index (χ4n) is 2.74. The van der Waals surface area contributed by atoms with Gasteiger partial charge in [-0.3, -0.25) is 0 Å². The highest BCUT2D eigenvalue weighted by Crippen LogP contribution is 2.32. The van der Waals surface area contributed by atoms with E-state index in [2.05, 4.69) is 39.4 Å². The van der Waals surface area contributed by atoms with Crippen molar-refractivity contribution in [2.75, 3.05) is 19.7 Å². The Hall–Kier alpha value is -0.540. The molecule has 1 saturated heterocycles. The summed E-state index contributed by atoms with van der Waals surface area (Å²) in [5.41, 5.74) is 1.38. The van der Waals surface area contributed by atoms with Crippen molar-refractivity contribution < 1.29 is 4.74 Å². The van der Waals surface area contributed by atoms with Crippen molar-refractivity contribution >= 4 is 15.9 Å². The van der Waals surface area contributed by atoms with E-state index >= 15 is 0 Å². The SMILES string of the molecule is Brc1ccc(OCC2CC2)c(CC2CCNCC2)c1. The summed E-state index contributed by atoms with van der Waals surface area (Å²) in [5, 5.41) is 3.43. The van der Waals surface area contributed by atoms with Crippen molar-refractivity contribution in [2.24, 2.45) is 11.8 Å². The Balaban J connectivity index is 1.67. The highest BCUT2D eigenvalue weighted by molar-refractivity contribution is 9.10. The first-order chi connectivity index (χ1) is 9.31. The molecular formula is C16H22BrNO. The van der Waals surface area contributed by atoms with Crippen LogP contribution in [-0.4, -0.2) is 19.7 Å². The molecule has 1 aromatic carbocycles. The van der Waals surface area contributed by atoms with Gasteiger partial charge in [-0.25, -0.2) is 0 Å². The van der Waals surface area contributed by atoms with Crippen molar-refractivity contribution in [3.63, 3.8) is 0 Å². The molecule has 2 fully saturated rings. The Morgan fingerprint density at radius 2 is 1.89 bits per heavy atom. The Morgan fingerprint density at radius 1 is 1.11 bits per heavy atom. The second-order valence-corrected chi connectivity index (χ2v) is 6.82. The zero-order valence-electron chi connectivity index (χ0n) is 11.3. The van der Waals surface area contributed by atoms with Gasteiger partial charge in [0.15, 0.2) is 0 Å². The van der Waals surface area contributed by atoms with Crippen molar-refractivity contribution in [1.29, 1.82) is 0 Å². The van der Waals surface area contributed by atoms with Crippen LogP contribution in [0.5, 0.6) is 5.75 Å². The van der Waals surface area contributed by atoms with Crippen molar-refractivity contribution in [1.82, 2.24) is 5.32 Å². The molecule has 3 heteroatoms. The Labute approximate surface area is 124 Å². The smallest absolute Gasteiger partial charge is 0.122 e. The van der Waals surface area contributed by atoms with E-state index in [0.717, 1.165) is 48.2 Å². The van der Waals surface area contributed by atoms with E-state index in [0.29, 0.717) is 0 Å². The third-order valence-corrected chi connectivity index (χ3v) is 4.65. The summed E-state index contributed by atoms with van der Waals surface area (Å²) in [5.74, 6) is 2.72. The van der Waals surface area contributed by atoms with Crippen molar-refractivity contribution in [3.8, 4) is 5.75 Å². The van der Waals surface area contributed by atoms with Gasteiger partial charge in [-0.2, -0.15) is 0 Å². The number of benzene rings is 1. The van der Waals surface area contributed by atoms with E-state index in [-0.39, 0.29) is 0 Å². The molecule has 0 aromatic heterocycles. The lowest BCUT2D eigenvalue weighted by atomic mass is 9.90. The summed E-state index contributed by atoms with van der Waals surface area (Å²) in [4.78, 5) is 0. The monoisotopic (exact) mass is 323 g/mol. The molecule has 0 bridgehead atoms. The van der Waals surface area contributed by atoms with E-state index in [1.165, 1.54) is 31.2 Å². The van der Waals surface area contributed by atoms with E-state index in [1.54, 1.807) is 0 Å². The fourth-order valence-corrected chi connectivity index (χ4v) is 3.15. The largest absolute Gasteiger partial charge is 0.493 e. The fraction of sp³-hybridized carbons (Fsp3) is 0.625. The summed E-state index contributed by atoms with van der Waals surface area (Å²) < 4.78 is 7.18. The van der Waals surface area contributed by atoms with Gasteiger partial charge >= 0.3 is 0 Å². The summed E-state index contributed by atoms with van der Waals surface area (Å²) in [6.45, 7) is 3.23. The summed E-state index contributed by atoms with van der Waals surface area (Å²) in [6, 6.07) is 6.46. The Kier molecular flexibility index (Phi) is 4.44. The molecule has 1 aromatic rings.